The minimum atomic E-state index is -4.68. The van der Waals surface area contributed by atoms with Crippen molar-refractivity contribution in [1.82, 2.24) is 10.2 Å². The molecule has 1 aromatic heterocycles. The number of halogens is 4. The van der Waals surface area contributed by atoms with E-state index in [1.54, 1.807) is 12.1 Å². The number of amidine groups is 1. The standard InChI is InChI=1S/C11H8ClF3N4O/c12-5-8(16)17-7-3-1-2-6(4-7)9-18-19-10(20-9)11(13,14)15/h1-4H,5H2,(H2,16,17). The van der Waals surface area contributed by atoms with Crippen molar-refractivity contribution in [2.75, 3.05) is 5.88 Å². The van der Waals surface area contributed by atoms with Gasteiger partial charge in [-0.1, -0.05) is 6.07 Å². The van der Waals surface area contributed by atoms with Crippen molar-refractivity contribution >= 4 is 23.1 Å². The largest absolute Gasteiger partial charge is 0.470 e. The molecular formula is C11H8ClF3N4O. The van der Waals surface area contributed by atoms with E-state index in [0.29, 0.717) is 11.3 Å². The second-order valence-corrected chi connectivity index (χ2v) is 3.96. The Morgan fingerprint density at radius 3 is 2.70 bits per heavy atom. The molecule has 2 aromatic rings. The third-order valence-electron chi connectivity index (χ3n) is 2.17. The number of nitrogens with zero attached hydrogens (tertiary/aromatic N) is 3. The molecular weight excluding hydrogens is 297 g/mol. The van der Waals surface area contributed by atoms with Gasteiger partial charge in [-0.3, -0.25) is 0 Å². The summed E-state index contributed by atoms with van der Waals surface area (Å²) in [5.74, 6) is -1.42. The van der Waals surface area contributed by atoms with Crippen LogP contribution in [0.1, 0.15) is 5.89 Å². The van der Waals surface area contributed by atoms with Gasteiger partial charge in [-0.15, -0.1) is 21.8 Å². The van der Waals surface area contributed by atoms with Crippen LogP contribution in [0.3, 0.4) is 0 Å². The van der Waals surface area contributed by atoms with Gasteiger partial charge in [-0.2, -0.15) is 13.2 Å². The SMILES string of the molecule is NC(CCl)=Nc1cccc(-c2nnc(C(F)(F)F)o2)c1. The highest BCUT2D eigenvalue weighted by Gasteiger charge is 2.38. The van der Waals surface area contributed by atoms with Crippen molar-refractivity contribution in [1.29, 1.82) is 0 Å². The normalized spacial score (nSPS) is 12.7. The minimum Gasteiger partial charge on any atom is -0.413 e. The molecule has 0 saturated carbocycles. The second kappa shape index (κ2) is 5.49. The number of benzene rings is 1. The molecule has 0 aliphatic rings. The van der Waals surface area contributed by atoms with Gasteiger partial charge in [0.05, 0.1) is 11.6 Å². The molecule has 0 saturated heterocycles. The monoisotopic (exact) mass is 304 g/mol. The Kier molecular flexibility index (Phi) is 3.93. The predicted molar refractivity (Wildman–Crippen MR) is 66.7 cm³/mol. The number of aromatic nitrogens is 2. The summed E-state index contributed by atoms with van der Waals surface area (Å²) in [6.45, 7) is 0. The van der Waals surface area contributed by atoms with E-state index in [2.05, 4.69) is 19.6 Å². The minimum absolute atomic E-state index is 0.0446. The lowest BCUT2D eigenvalue weighted by Crippen LogP contribution is -2.12. The second-order valence-electron chi connectivity index (χ2n) is 3.70. The summed E-state index contributed by atoms with van der Waals surface area (Å²) < 4.78 is 41.7. The molecule has 1 aromatic carbocycles. The van der Waals surface area contributed by atoms with Crippen LogP contribution in [0.2, 0.25) is 0 Å². The van der Waals surface area contributed by atoms with Crippen LogP contribution in [-0.4, -0.2) is 21.9 Å². The molecule has 0 unspecified atom stereocenters. The maximum atomic E-state index is 12.4. The van der Waals surface area contributed by atoms with E-state index in [1.165, 1.54) is 12.1 Å². The highest BCUT2D eigenvalue weighted by molar-refractivity contribution is 6.28. The van der Waals surface area contributed by atoms with Crippen molar-refractivity contribution in [3.05, 3.63) is 30.2 Å². The van der Waals surface area contributed by atoms with Crippen LogP contribution in [0.15, 0.2) is 33.7 Å². The Morgan fingerprint density at radius 1 is 1.35 bits per heavy atom. The van der Waals surface area contributed by atoms with Gasteiger partial charge in [0.15, 0.2) is 0 Å². The number of aliphatic imine (C=N–C) groups is 1. The van der Waals surface area contributed by atoms with Gasteiger partial charge in [0.1, 0.15) is 5.84 Å². The molecule has 1 heterocycles. The molecule has 0 aliphatic heterocycles. The third-order valence-corrected chi connectivity index (χ3v) is 2.44. The Hall–Kier alpha value is -2.09. The van der Waals surface area contributed by atoms with E-state index < -0.39 is 12.1 Å². The van der Waals surface area contributed by atoms with E-state index in [-0.39, 0.29) is 17.6 Å². The number of hydrogen-bond donors (Lipinski definition) is 1. The topological polar surface area (TPSA) is 77.3 Å². The molecule has 0 spiro atoms. The quantitative estimate of drug-likeness (QED) is 0.537. The van der Waals surface area contributed by atoms with Crippen LogP contribution in [0.5, 0.6) is 0 Å². The average molecular weight is 305 g/mol. The maximum Gasteiger partial charge on any atom is 0.470 e. The van der Waals surface area contributed by atoms with Gasteiger partial charge < -0.3 is 10.2 Å². The molecule has 0 aliphatic carbocycles. The summed E-state index contributed by atoms with van der Waals surface area (Å²) >= 11 is 5.49. The number of hydrogen-bond acceptors (Lipinski definition) is 4. The molecule has 20 heavy (non-hydrogen) atoms. The molecule has 0 bridgehead atoms. The highest BCUT2D eigenvalue weighted by atomic mass is 35.5. The first kappa shape index (κ1) is 14.3. The molecule has 2 N–H and O–H groups in total. The number of alkyl halides is 4. The van der Waals surface area contributed by atoms with Crippen molar-refractivity contribution < 1.29 is 17.6 Å². The van der Waals surface area contributed by atoms with E-state index in [1.807, 2.05) is 0 Å². The fraction of sp³-hybridized carbons (Fsp3) is 0.182. The zero-order valence-corrected chi connectivity index (χ0v) is 10.6. The molecule has 0 fully saturated rings. The summed E-state index contributed by atoms with van der Waals surface area (Å²) in [6, 6.07) is 6.17. The molecule has 0 radical (unpaired) electrons. The third kappa shape index (κ3) is 3.27. The summed E-state index contributed by atoms with van der Waals surface area (Å²) in [6.07, 6.45) is -4.68. The smallest absolute Gasteiger partial charge is 0.413 e. The molecule has 0 amide bonds. The van der Waals surface area contributed by atoms with Crippen molar-refractivity contribution in [3.8, 4) is 11.5 Å². The molecule has 106 valence electrons. The fourth-order valence-corrected chi connectivity index (χ4v) is 1.42. The lowest BCUT2D eigenvalue weighted by atomic mass is 10.2. The Morgan fingerprint density at radius 2 is 2.10 bits per heavy atom. The van der Waals surface area contributed by atoms with Gasteiger partial charge in [-0.05, 0) is 18.2 Å². The van der Waals surface area contributed by atoms with Gasteiger partial charge >= 0.3 is 12.1 Å². The summed E-state index contributed by atoms with van der Waals surface area (Å²) in [4.78, 5) is 3.97. The first-order valence-electron chi connectivity index (χ1n) is 5.30. The Balaban J connectivity index is 2.34. The van der Waals surface area contributed by atoms with Crippen molar-refractivity contribution in [2.24, 2.45) is 10.7 Å². The zero-order chi connectivity index (χ0) is 14.8. The van der Waals surface area contributed by atoms with Crippen LogP contribution in [0, 0.1) is 0 Å². The van der Waals surface area contributed by atoms with E-state index >= 15 is 0 Å². The van der Waals surface area contributed by atoms with Gasteiger partial charge in [0, 0.05) is 5.56 Å². The molecule has 5 nitrogen and oxygen atoms in total. The summed E-state index contributed by atoms with van der Waals surface area (Å²) in [5.41, 5.74) is 6.20. The van der Waals surface area contributed by atoms with Gasteiger partial charge in [0.25, 0.3) is 0 Å². The van der Waals surface area contributed by atoms with E-state index in [4.69, 9.17) is 17.3 Å². The van der Waals surface area contributed by atoms with Crippen LogP contribution < -0.4 is 5.73 Å². The highest BCUT2D eigenvalue weighted by Crippen LogP contribution is 2.31. The summed E-state index contributed by atoms with van der Waals surface area (Å²) in [7, 11) is 0. The lowest BCUT2D eigenvalue weighted by molar-refractivity contribution is -0.156. The predicted octanol–water partition coefficient (Wildman–Crippen LogP) is 2.98. The van der Waals surface area contributed by atoms with Gasteiger partial charge in [0.2, 0.25) is 5.89 Å². The fourth-order valence-electron chi connectivity index (χ4n) is 1.36. The van der Waals surface area contributed by atoms with Gasteiger partial charge in [-0.25, -0.2) is 4.99 Å². The molecule has 2 rings (SSSR count). The van der Waals surface area contributed by atoms with E-state index in [9.17, 15) is 13.2 Å². The Bertz CT molecular complexity index is 639. The zero-order valence-electron chi connectivity index (χ0n) is 9.86. The summed E-state index contributed by atoms with van der Waals surface area (Å²) in [5, 5.41) is 6.30. The average Bonchev–Trinajstić information content (AvgIpc) is 2.88. The molecule has 9 heteroatoms. The van der Waals surface area contributed by atoms with Crippen LogP contribution in [0.4, 0.5) is 18.9 Å². The molecule has 0 atom stereocenters. The lowest BCUT2D eigenvalue weighted by Gasteiger charge is -2.00. The van der Waals surface area contributed by atoms with E-state index in [0.717, 1.165) is 0 Å². The van der Waals surface area contributed by atoms with Crippen LogP contribution in [0.25, 0.3) is 11.5 Å². The Labute approximate surface area is 116 Å². The first-order chi connectivity index (χ1) is 9.40. The van der Waals surface area contributed by atoms with Crippen LogP contribution in [-0.2, 0) is 6.18 Å². The first-order valence-corrected chi connectivity index (χ1v) is 5.84. The number of rotatable bonds is 3. The number of nitrogens with two attached hydrogens (primary N) is 1. The van der Waals surface area contributed by atoms with Crippen LogP contribution >= 0.6 is 11.6 Å². The van der Waals surface area contributed by atoms with Crippen molar-refractivity contribution in [3.63, 3.8) is 0 Å². The van der Waals surface area contributed by atoms with Crippen molar-refractivity contribution in [2.45, 2.75) is 6.18 Å². The maximum absolute atomic E-state index is 12.4.